The highest BCUT2D eigenvalue weighted by Crippen LogP contribution is 2.24. The molecule has 0 bridgehead atoms. The fourth-order valence-electron chi connectivity index (χ4n) is 1.86. The molecule has 1 aromatic carbocycles. The van der Waals surface area contributed by atoms with Gasteiger partial charge in [0.15, 0.2) is 5.96 Å². The van der Waals surface area contributed by atoms with Crippen molar-refractivity contribution in [2.45, 2.75) is 18.9 Å². The van der Waals surface area contributed by atoms with Crippen LogP contribution in [-0.2, 0) is 0 Å². The lowest BCUT2D eigenvalue weighted by atomic mass is 10.2. The molecule has 1 amide bonds. The molecular formula is C14H21IN4O2. The lowest BCUT2D eigenvalue weighted by Gasteiger charge is -2.16. The molecule has 0 spiro atoms. The van der Waals surface area contributed by atoms with E-state index in [1.165, 1.54) is 6.07 Å². The number of nitrogens with zero attached hydrogens (tertiary/aromatic N) is 2. The molecule has 4 N–H and O–H groups in total. The first-order chi connectivity index (χ1) is 9.59. The van der Waals surface area contributed by atoms with E-state index in [9.17, 15) is 9.90 Å². The van der Waals surface area contributed by atoms with Gasteiger partial charge in [-0.2, -0.15) is 0 Å². The fourth-order valence-corrected chi connectivity index (χ4v) is 1.86. The van der Waals surface area contributed by atoms with Crippen molar-refractivity contribution >= 4 is 35.8 Å². The molecule has 0 aliphatic heterocycles. The zero-order valence-corrected chi connectivity index (χ0v) is 14.3. The topological polar surface area (TPSA) is 91.0 Å². The number of para-hydroxylation sites is 1. The first-order valence-corrected chi connectivity index (χ1v) is 6.68. The number of halogens is 1. The number of hydrogen-bond acceptors (Lipinski definition) is 3. The van der Waals surface area contributed by atoms with Gasteiger partial charge in [0.05, 0.1) is 12.1 Å². The predicted octanol–water partition coefficient (Wildman–Crippen LogP) is 1.15. The standard InChI is InChI=1S/C14H20N4O2.HI/c1-18(10-6-7-10)14(15)17-9-8-16-13(20)11-4-2-3-5-12(11)19;/h2-5,10,19H,6-9H2,1H3,(H2,15,17)(H,16,20);1H. The second-order valence-electron chi connectivity index (χ2n) is 4.86. The van der Waals surface area contributed by atoms with Gasteiger partial charge in [0.1, 0.15) is 5.75 Å². The van der Waals surface area contributed by atoms with Crippen molar-refractivity contribution in [3.8, 4) is 5.75 Å². The number of amides is 1. The second-order valence-corrected chi connectivity index (χ2v) is 4.86. The van der Waals surface area contributed by atoms with Crippen LogP contribution in [-0.4, -0.2) is 48.1 Å². The number of benzene rings is 1. The van der Waals surface area contributed by atoms with E-state index in [-0.39, 0.29) is 41.2 Å². The smallest absolute Gasteiger partial charge is 0.255 e. The molecule has 0 heterocycles. The van der Waals surface area contributed by atoms with Gasteiger partial charge < -0.3 is 21.1 Å². The number of rotatable bonds is 5. The summed E-state index contributed by atoms with van der Waals surface area (Å²) < 4.78 is 0. The first kappa shape index (κ1) is 17.5. The Morgan fingerprint density at radius 3 is 2.76 bits per heavy atom. The van der Waals surface area contributed by atoms with E-state index in [0.717, 1.165) is 12.8 Å². The number of carbonyl (C=O) groups excluding carboxylic acids is 1. The van der Waals surface area contributed by atoms with E-state index in [4.69, 9.17) is 5.73 Å². The molecule has 2 rings (SSSR count). The number of guanidine groups is 1. The van der Waals surface area contributed by atoms with Gasteiger partial charge in [0.2, 0.25) is 0 Å². The number of nitrogens with two attached hydrogens (primary N) is 1. The van der Waals surface area contributed by atoms with Crippen LogP contribution in [0.5, 0.6) is 5.75 Å². The zero-order chi connectivity index (χ0) is 14.5. The lowest BCUT2D eigenvalue weighted by Crippen LogP contribution is -2.36. The molecule has 1 aliphatic rings. The van der Waals surface area contributed by atoms with Gasteiger partial charge in [-0.15, -0.1) is 24.0 Å². The maximum atomic E-state index is 11.8. The van der Waals surface area contributed by atoms with Crippen molar-refractivity contribution in [2.24, 2.45) is 10.7 Å². The largest absolute Gasteiger partial charge is 0.507 e. The molecule has 0 unspecified atom stereocenters. The Bertz CT molecular complexity index is 517. The predicted molar refractivity (Wildman–Crippen MR) is 93.1 cm³/mol. The molecule has 1 saturated carbocycles. The molecular weight excluding hydrogens is 383 g/mol. The highest BCUT2D eigenvalue weighted by molar-refractivity contribution is 14.0. The molecule has 0 radical (unpaired) electrons. The monoisotopic (exact) mass is 404 g/mol. The highest BCUT2D eigenvalue weighted by Gasteiger charge is 2.27. The van der Waals surface area contributed by atoms with Gasteiger partial charge in [-0.1, -0.05) is 12.1 Å². The van der Waals surface area contributed by atoms with E-state index in [2.05, 4.69) is 10.3 Å². The van der Waals surface area contributed by atoms with E-state index in [1.54, 1.807) is 18.2 Å². The lowest BCUT2D eigenvalue weighted by molar-refractivity contribution is 0.0952. The van der Waals surface area contributed by atoms with Gasteiger partial charge in [0, 0.05) is 19.6 Å². The third-order valence-corrected chi connectivity index (χ3v) is 3.28. The van der Waals surface area contributed by atoms with Crippen molar-refractivity contribution in [3.05, 3.63) is 29.8 Å². The van der Waals surface area contributed by atoms with Crippen molar-refractivity contribution in [1.29, 1.82) is 0 Å². The summed E-state index contributed by atoms with van der Waals surface area (Å²) in [5.41, 5.74) is 6.10. The van der Waals surface area contributed by atoms with E-state index >= 15 is 0 Å². The molecule has 6 nitrogen and oxygen atoms in total. The van der Waals surface area contributed by atoms with Crippen LogP contribution >= 0.6 is 24.0 Å². The summed E-state index contributed by atoms with van der Waals surface area (Å²) in [4.78, 5) is 18.0. The van der Waals surface area contributed by atoms with E-state index in [1.807, 2.05) is 11.9 Å². The van der Waals surface area contributed by atoms with Crippen LogP contribution in [0.3, 0.4) is 0 Å². The number of phenolic OH excluding ortho intramolecular Hbond substituents is 1. The number of phenols is 1. The minimum Gasteiger partial charge on any atom is -0.507 e. The molecule has 7 heteroatoms. The van der Waals surface area contributed by atoms with Crippen LogP contribution < -0.4 is 11.1 Å². The summed E-state index contributed by atoms with van der Waals surface area (Å²) in [5.74, 6) is 0.165. The van der Waals surface area contributed by atoms with E-state index in [0.29, 0.717) is 25.1 Å². The molecule has 1 aromatic rings. The van der Waals surface area contributed by atoms with Crippen LogP contribution in [0.25, 0.3) is 0 Å². The quantitative estimate of drug-likeness (QED) is 0.297. The molecule has 116 valence electrons. The summed E-state index contributed by atoms with van der Waals surface area (Å²) >= 11 is 0. The fraction of sp³-hybridized carbons (Fsp3) is 0.429. The Labute approximate surface area is 141 Å². The van der Waals surface area contributed by atoms with Crippen LogP contribution in [0.4, 0.5) is 0 Å². The van der Waals surface area contributed by atoms with Crippen LogP contribution in [0, 0.1) is 0 Å². The maximum Gasteiger partial charge on any atom is 0.255 e. The summed E-state index contributed by atoms with van der Waals surface area (Å²) in [6.07, 6.45) is 2.33. The Balaban J connectivity index is 0.00000220. The number of aromatic hydroxyl groups is 1. The molecule has 0 atom stereocenters. The summed E-state index contributed by atoms with van der Waals surface area (Å²) in [6.45, 7) is 0.800. The van der Waals surface area contributed by atoms with Crippen LogP contribution in [0.2, 0.25) is 0 Å². The SMILES string of the molecule is CN(C(N)=NCCNC(=O)c1ccccc1O)C1CC1.I. The Hall–Kier alpha value is -1.51. The van der Waals surface area contributed by atoms with Gasteiger partial charge >= 0.3 is 0 Å². The molecule has 1 aliphatic carbocycles. The highest BCUT2D eigenvalue weighted by atomic mass is 127. The van der Waals surface area contributed by atoms with Gasteiger partial charge in [-0.25, -0.2) is 0 Å². The number of carbonyl (C=O) groups is 1. The summed E-state index contributed by atoms with van der Waals surface area (Å²) in [5, 5.41) is 12.3. The van der Waals surface area contributed by atoms with Gasteiger partial charge in [-0.05, 0) is 25.0 Å². The number of nitrogens with one attached hydrogen (secondary N) is 1. The minimum absolute atomic E-state index is 0. The first-order valence-electron chi connectivity index (χ1n) is 6.68. The Morgan fingerprint density at radius 2 is 2.14 bits per heavy atom. The number of aliphatic imine (C=N–C) groups is 1. The summed E-state index contributed by atoms with van der Waals surface area (Å²) in [7, 11) is 1.93. The van der Waals surface area contributed by atoms with Crippen LogP contribution in [0.15, 0.2) is 29.3 Å². The van der Waals surface area contributed by atoms with Gasteiger partial charge in [0.25, 0.3) is 5.91 Å². The van der Waals surface area contributed by atoms with Crippen molar-refractivity contribution in [3.63, 3.8) is 0 Å². The van der Waals surface area contributed by atoms with Crippen molar-refractivity contribution in [1.82, 2.24) is 10.2 Å². The van der Waals surface area contributed by atoms with Crippen molar-refractivity contribution in [2.75, 3.05) is 20.1 Å². The Morgan fingerprint density at radius 1 is 1.48 bits per heavy atom. The average molecular weight is 404 g/mol. The second kappa shape index (κ2) is 8.06. The average Bonchev–Trinajstić information content (AvgIpc) is 3.27. The molecule has 1 fully saturated rings. The zero-order valence-electron chi connectivity index (χ0n) is 12.0. The van der Waals surface area contributed by atoms with Gasteiger partial charge in [-0.3, -0.25) is 9.79 Å². The summed E-state index contributed by atoms with van der Waals surface area (Å²) in [6, 6.07) is 6.95. The molecule has 0 saturated heterocycles. The normalized spacial score (nSPS) is 14.2. The number of hydrogen-bond donors (Lipinski definition) is 3. The molecule has 21 heavy (non-hydrogen) atoms. The molecule has 0 aromatic heterocycles. The third kappa shape index (κ3) is 5.07. The maximum absolute atomic E-state index is 11.8. The third-order valence-electron chi connectivity index (χ3n) is 3.28. The minimum atomic E-state index is -0.313. The van der Waals surface area contributed by atoms with Crippen LogP contribution in [0.1, 0.15) is 23.2 Å². The van der Waals surface area contributed by atoms with E-state index < -0.39 is 0 Å². The van der Waals surface area contributed by atoms with Crippen molar-refractivity contribution < 1.29 is 9.90 Å². The Kier molecular flexibility index (Phi) is 6.73.